The molecular weight excluding hydrogens is 392 g/mol. The van der Waals surface area contributed by atoms with E-state index in [9.17, 15) is 13.2 Å². The van der Waals surface area contributed by atoms with E-state index in [1.54, 1.807) is 13.8 Å². The Bertz CT molecular complexity index is 1120. The molecule has 4 rings (SSSR count). The van der Waals surface area contributed by atoms with Crippen LogP contribution in [-0.4, -0.2) is 9.55 Å². The molecule has 0 saturated carbocycles. The summed E-state index contributed by atoms with van der Waals surface area (Å²) in [6.07, 6.45) is 0. The summed E-state index contributed by atoms with van der Waals surface area (Å²) in [6.45, 7) is 3.52. The molecule has 146 valence electrons. The number of rotatable bonds is 4. The van der Waals surface area contributed by atoms with E-state index in [4.69, 9.17) is 0 Å². The quantitative estimate of drug-likeness (QED) is 0.353. The molecule has 3 aromatic carbocycles. The molecule has 0 aliphatic rings. The fourth-order valence-corrected chi connectivity index (χ4v) is 5.67. The van der Waals surface area contributed by atoms with E-state index < -0.39 is 31.1 Å². The SMILES string of the molecule is Cc1nc(P(c2ccccc2)c2ccccc2)n(-c2c(F)ccc(F)c2F)c1C. The van der Waals surface area contributed by atoms with Gasteiger partial charge in [0, 0.05) is 13.6 Å². The molecule has 0 atom stereocenters. The van der Waals surface area contributed by atoms with Crippen LogP contribution in [0.3, 0.4) is 0 Å². The van der Waals surface area contributed by atoms with Crippen LogP contribution >= 0.6 is 7.92 Å². The van der Waals surface area contributed by atoms with E-state index >= 15 is 0 Å². The number of aromatic nitrogens is 2. The average molecular weight is 410 g/mol. The van der Waals surface area contributed by atoms with E-state index in [-0.39, 0.29) is 0 Å². The Morgan fingerprint density at radius 2 is 1.24 bits per heavy atom. The molecule has 0 aliphatic carbocycles. The first-order valence-electron chi connectivity index (χ1n) is 9.09. The van der Waals surface area contributed by atoms with Crippen molar-refractivity contribution in [1.82, 2.24) is 9.55 Å². The predicted octanol–water partition coefficient (Wildman–Crippen LogP) is 4.66. The molecule has 0 bridgehead atoms. The van der Waals surface area contributed by atoms with Crippen LogP contribution in [-0.2, 0) is 0 Å². The van der Waals surface area contributed by atoms with Gasteiger partial charge in [0.15, 0.2) is 11.6 Å². The Morgan fingerprint density at radius 1 is 0.724 bits per heavy atom. The zero-order chi connectivity index (χ0) is 20.5. The Hall–Kier alpha value is -2.91. The number of imidazole rings is 1. The zero-order valence-corrected chi connectivity index (χ0v) is 16.8. The lowest BCUT2D eigenvalue weighted by molar-refractivity contribution is 0.488. The normalized spacial score (nSPS) is 11.2. The van der Waals surface area contributed by atoms with Crippen molar-refractivity contribution in [2.24, 2.45) is 0 Å². The molecule has 0 fully saturated rings. The van der Waals surface area contributed by atoms with Crippen molar-refractivity contribution in [2.45, 2.75) is 13.8 Å². The lowest BCUT2D eigenvalue weighted by Gasteiger charge is -2.21. The molecule has 1 aromatic heterocycles. The summed E-state index contributed by atoms with van der Waals surface area (Å²) in [4.78, 5) is 4.69. The van der Waals surface area contributed by atoms with Gasteiger partial charge in [-0.25, -0.2) is 18.2 Å². The molecule has 29 heavy (non-hydrogen) atoms. The monoisotopic (exact) mass is 410 g/mol. The van der Waals surface area contributed by atoms with Crippen molar-refractivity contribution < 1.29 is 13.2 Å². The summed E-state index contributed by atoms with van der Waals surface area (Å²) >= 11 is 0. The van der Waals surface area contributed by atoms with Crippen molar-refractivity contribution in [3.8, 4) is 5.69 Å². The molecule has 0 N–H and O–H groups in total. The van der Waals surface area contributed by atoms with Gasteiger partial charge in [0.2, 0.25) is 0 Å². The van der Waals surface area contributed by atoms with Crippen molar-refractivity contribution in [3.63, 3.8) is 0 Å². The maximum Gasteiger partial charge on any atom is 0.185 e. The third-order valence-corrected chi connectivity index (χ3v) is 7.13. The van der Waals surface area contributed by atoms with E-state index in [2.05, 4.69) is 4.98 Å². The molecule has 0 spiro atoms. The second-order valence-electron chi connectivity index (χ2n) is 6.62. The minimum absolute atomic E-state index is 0.433. The molecule has 6 heteroatoms. The second-order valence-corrected chi connectivity index (χ2v) is 8.72. The topological polar surface area (TPSA) is 17.8 Å². The molecule has 0 amide bonds. The Labute approximate surface area is 168 Å². The first-order chi connectivity index (χ1) is 14.0. The summed E-state index contributed by atoms with van der Waals surface area (Å²) in [5, 5.41) is 1.97. The summed E-state index contributed by atoms with van der Waals surface area (Å²) in [5.74, 6) is -3.15. The third-order valence-electron chi connectivity index (χ3n) is 4.80. The number of nitrogens with zero attached hydrogens (tertiary/aromatic N) is 2. The second kappa shape index (κ2) is 7.84. The lowest BCUT2D eigenvalue weighted by atomic mass is 10.2. The van der Waals surface area contributed by atoms with Crippen LogP contribution in [0, 0.1) is 31.3 Å². The van der Waals surface area contributed by atoms with E-state index in [1.165, 1.54) is 4.57 Å². The molecule has 1 heterocycles. The fraction of sp³-hybridized carbons (Fsp3) is 0.0870. The number of hydrogen-bond donors (Lipinski definition) is 0. The standard InChI is InChI=1S/C23H18F3N2P/c1-15-16(2)28(22-20(25)14-13-19(24)21(22)26)23(27-15)29(17-9-5-3-6-10-17)18-11-7-4-8-12-18/h3-14H,1-2H3. The first-order valence-corrected chi connectivity index (χ1v) is 10.4. The highest BCUT2D eigenvalue weighted by Crippen LogP contribution is 2.35. The predicted molar refractivity (Wildman–Crippen MR) is 112 cm³/mol. The first kappa shape index (κ1) is 19.4. The highest BCUT2D eigenvalue weighted by molar-refractivity contribution is 7.79. The van der Waals surface area contributed by atoms with Gasteiger partial charge >= 0.3 is 0 Å². The molecule has 0 saturated heterocycles. The molecule has 0 aliphatic heterocycles. The van der Waals surface area contributed by atoms with Crippen molar-refractivity contribution in [3.05, 3.63) is 102 Å². The van der Waals surface area contributed by atoms with E-state index in [0.29, 0.717) is 17.0 Å². The van der Waals surface area contributed by atoms with Crippen molar-refractivity contribution in [1.29, 1.82) is 0 Å². The van der Waals surface area contributed by atoms with Gasteiger partial charge in [-0.2, -0.15) is 0 Å². The van der Waals surface area contributed by atoms with Gasteiger partial charge in [0.1, 0.15) is 17.1 Å². The summed E-state index contributed by atoms with van der Waals surface area (Å²) in [6, 6.07) is 21.1. The van der Waals surface area contributed by atoms with Gasteiger partial charge in [0.05, 0.1) is 5.69 Å². The van der Waals surface area contributed by atoms with Crippen LogP contribution in [0.15, 0.2) is 72.8 Å². The maximum atomic E-state index is 14.7. The lowest BCUT2D eigenvalue weighted by Crippen LogP contribution is -2.28. The minimum atomic E-state index is -1.22. The zero-order valence-electron chi connectivity index (χ0n) is 15.9. The molecular formula is C23H18F3N2P. The fourth-order valence-electron chi connectivity index (χ4n) is 3.27. The van der Waals surface area contributed by atoms with Crippen molar-refractivity contribution >= 4 is 24.1 Å². The Balaban J connectivity index is 2.04. The summed E-state index contributed by atoms with van der Waals surface area (Å²) in [7, 11) is -1.22. The smallest absolute Gasteiger partial charge is 0.185 e. The molecule has 2 nitrogen and oxygen atoms in total. The van der Waals surface area contributed by atoms with Crippen LogP contribution in [0.2, 0.25) is 0 Å². The number of benzene rings is 3. The minimum Gasteiger partial charge on any atom is -0.291 e. The van der Waals surface area contributed by atoms with Crippen LogP contribution < -0.4 is 16.2 Å². The number of aryl methyl sites for hydroxylation is 1. The molecule has 0 unspecified atom stereocenters. The van der Waals surface area contributed by atoms with Crippen LogP contribution in [0.1, 0.15) is 11.4 Å². The third kappa shape index (κ3) is 3.47. The van der Waals surface area contributed by atoms with E-state index in [0.717, 1.165) is 22.7 Å². The van der Waals surface area contributed by atoms with Gasteiger partial charge in [-0.05, 0) is 36.6 Å². The maximum absolute atomic E-state index is 14.7. The Morgan fingerprint density at radius 3 is 1.79 bits per heavy atom. The largest absolute Gasteiger partial charge is 0.291 e. The van der Waals surface area contributed by atoms with E-state index in [1.807, 2.05) is 60.7 Å². The number of hydrogen-bond acceptors (Lipinski definition) is 1. The highest BCUT2D eigenvalue weighted by Gasteiger charge is 2.28. The number of halogens is 3. The highest BCUT2D eigenvalue weighted by atomic mass is 31.1. The van der Waals surface area contributed by atoms with Gasteiger partial charge in [0.25, 0.3) is 0 Å². The van der Waals surface area contributed by atoms with Crippen LogP contribution in [0.4, 0.5) is 13.2 Å². The molecule has 4 aromatic rings. The molecule has 0 radical (unpaired) electrons. The average Bonchev–Trinajstić information content (AvgIpc) is 3.02. The van der Waals surface area contributed by atoms with Gasteiger partial charge in [-0.1, -0.05) is 60.7 Å². The van der Waals surface area contributed by atoms with Gasteiger partial charge < -0.3 is 0 Å². The van der Waals surface area contributed by atoms with Gasteiger partial charge in [-0.3, -0.25) is 4.57 Å². The van der Waals surface area contributed by atoms with Crippen LogP contribution in [0.5, 0.6) is 0 Å². The van der Waals surface area contributed by atoms with Crippen LogP contribution in [0.25, 0.3) is 5.69 Å². The Kier molecular flexibility index (Phi) is 5.25. The van der Waals surface area contributed by atoms with Gasteiger partial charge in [-0.15, -0.1) is 0 Å². The van der Waals surface area contributed by atoms with Crippen molar-refractivity contribution in [2.75, 3.05) is 0 Å². The summed E-state index contributed by atoms with van der Waals surface area (Å²) in [5.41, 5.74) is 1.28. The summed E-state index contributed by atoms with van der Waals surface area (Å²) < 4.78 is 44.9.